The molecule has 22 atom stereocenters. The summed E-state index contributed by atoms with van der Waals surface area (Å²) in [5.41, 5.74) is 0. The van der Waals surface area contributed by atoms with Crippen molar-refractivity contribution in [1.82, 2.24) is 58.1 Å². The maximum absolute atomic E-state index is 17.3. The molecule has 0 aromatic rings. The highest BCUT2D eigenvalue weighted by Gasteiger charge is 2.51. The third kappa shape index (κ3) is 42.6. The summed E-state index contributed by atoms with van der Waals surface area (Å²) in [6.07, 6.45) is -11.9. The predicted octanol–water partition coefficient (Wildman–Crippen LogP) is -4.33. The minimum Gasteiger partial charge on any atom is -0.394 e. The van der Waals surface area contributed by atoms with Gasteiger partial charge in [-0.05, 0) is 77.0 Å². The lowest BCUT2D eigenvalue weighted by molar-refractivity contribution is -0.270. The number of methoxy groups -OCH3 is 1. The number of hydrogen-bond acceptors (Lipinski definition) is 32. The van der Waals surface area contributed by atoms with E-state index in [2.05, 4.69) is 53.2 Å². The Balaban J connectivity index is 1.13. The maximum atomic E-state index is 17.3. The zero-order valence-electron chi connectivity index (χ0n) is 74.0. The molecule has 0 aliphatic carbocycles. The van der Waals surface area contributed by atoms with Crippen LogP contribution in [0.5, 0.6) is 0 Å². The van der Waals surface area contributed by atoms with E-state index in [1.807, 2.05) is 0 Å². The van der Waals surface area contributed by atoms with Crippen LogP contribution >= 0.6 is 0 Å². The molecule has 5 saturated heterocycles. The Kier molecular flexibility index (Phi) is 55.3. The van der Waals surface area contributed by atoms with Gasteiger partial charge >= 0.3 is 0 Å². The molecule has 44 heteroatoms. The number of β-amino-alcohol motifs (C(OH)–C–C–N with tert-alkyl or cyclic N) is 1. The first-order chi connectivity index (χ1) is 61.0. The van der Waals surface area contributed by atoms with Gasteiger partial charge in [0.2, 0.25) is 65.0 Å². The summed E-state index contributed by atoms with van der Waals surface area (Å²) in [6.45, 7) is 2.49. The molecule has 0 unspecified atom stereocenters. The number of ether oxygens (including phenoxy) is 11. The van der Waals surface area contributed by atoms with Crippen LogP contribution in [0.3, 0.4) is 0 Å². The maximum Gasteiger partial charge on any atom is 0.222 e. The van der Waals surface area contributed by atoms with Crippen molar-refractivity contribution in [2.75, 3.05) is 126 Å². The lowest BCUT2D eigenvalue weighted by Crippen LogP contribution is -2.64. The van der Waals surface area contributed by atoms with Crippen LogP contribution < -0.4 is 53.2 Å². The van der Waals surface area contributed by atoms with Gasteiger partial charge in [-0.15, -0.1) is 0 Å². The standard InChI is InChI=1S/C83H146FN11O32/c1-51(99)91-69-75(114)72(111)56(46-96)125-81(69)121-38-18-15-24-60(103)85-32-21-35-88-63(106)29-41-118-50-59-78(119-42-30-64(107)89-36-22-33-86-61(104)25-16-19-39-122-82-70(92-52(2)100)76(115)73(112)57(47-97)126-82)79(68(84)80(124-59)94-66(109)27-13-11-9-7-5-6-8-10-12-14-28-67(110)95-45-55(102)44-54(95)49-117-4)120-43-31-65(108)90-37-23-34-87-62(105)26-17-20-40-123-83-71(93-53(3)101)77(116)74(113)58(48-98)127-83/h54-59,68-83,96-98,102,111-116H,5-50H2,1-4H3,(H,85,103)(H,86,104)(H,87,105)(H,88,106)(H,89,107)(H,90,108)(H,91,99)(H,92,100)(H,93,101)(H,94,109)/t54-,55+,56+,57+,58+,59+,68+,69+,70+,71+,72-,73-,74-,75+,76+,77+,78+,79+,80+,81+,82+,83+/m0/s1. The van der Waals surface area contributed by atoms with E-state index in [0.717, 1.165) is 51.4 Å². The average Bonchev–Trinajstić information content (AvgIpc) is 1.61. The number of hydrogen-bond donors (Lipinski definition) is 20. The fourth-order valence-corrected chi connectivity index (χ4v) is 15.1. The number of aliphatic hydroxyl groups is 10. The van der Waals surface area contributed by atoms with Crippen molar-refractivity contribution >= 4 is 65.0 Å². The molecule has 0 aromatic heterocycles. The number of amides is 11. The second-order valence-electron chi connectivity index (χ2n) is 32.6. The molecule has 0 bridgehead atoms. The Bertz CT molecular complexity index is 3210. The van der Waals surface area contributed by atoms with Gasteiger partial charge in [-0.1, -0.05) is 51.4 Å². The van der Waals surface area contributed by atoms with Crippen LogP contribution in [0.1, 0.15) is 201 Å². The molecule has 732 valence electrons. The van der Waals surface area contributed by atoms with Crippen LogP contribution in [0.15, 0.2) is 0 Å². The third-order valence-electron chi connectivity index (χ3n) is 22.1. The molecule has 0 spiro atoms. The number of carbonyl (C=O) groups is 11. The van der Waals surface area contributed by atoms with Crippen LogP contribution in [0.2, 0.25) is 0 Å². The molecule has 5 aliphatic heterocycles. The Labute approximate surface area is 741 Å². The molecule has 5 heterocycles. The molecule has 127 heavy (non-hydrogen) atoms. The minimum absolute atomic E-state index is 0.0235. The Morgan fingerprint density at radius 1 is 0.354 bits per heavy atom. The highest BCUT2D eigenvalue weighted by Crippen LogP contribution is 2.31. The number of likely N-dealkylation sites (tertiary alicyclic amines) is 1. The summed E-state index contributed by atoms with van der Waals surface area (Å²) < 4.78 is 81.1. The van der Waals surface area contributed by atoms with Crippen molar-refractivity contribution in [3.63, 3.8) is 0 Å². The lowest BCUT2D eigenvalue weighted by Gasteiger charge is -2.43. The van der Waals surface area contributed by atoms with Crippen molar-refractivity contribution in [2.24, 2.45) is 0 Å². The first-order valence-corrected chi connectivity index (χ1v) is 45.0. The molecular weight excluding hydrogens is 1680 g/mol. The first-order valence-electron chi connectivity index (χ1n) is 45.0. The normalized spacial score (nSPS) is 27.7. The summed E-state index contributed by atoms with van der Waals surface area (Å²) in [5, 5.41) is 128. The molecule has 0 aromatic carbocycles. The van der Waals surface area contributed by atoms with E-state index in [0.29, 0.717) is 96.6 Å². The van der Waals surface area contributed by atoms with Gasteiger partial charge in [0.1, 0.15) is 91.4 Å². The number of nitrogens with zero attached hydrogens (tertiary/aromatic N) is 1. The summed E-state index contributed by atoms with van der Waals surface area (Å²) in [7, 11) is 1.58. The van der Waals surface area contributed by atoms with Crippen molar-refractivity contribution < 1.29 is 160 Å². The van der Waals surface area contributed by atoms with E-state index in [9.17, 15) is 104 Å². The Hall–Kier alpha value is -6.74. The predicted molar refractivity (Wildman–Crippen MR) is 447 cm³/mol. The molecule has 43 nitrogen and oxygen atoms in total. The highest BCUT2D eigenvalue weighted by atomic mass is 19.1. The number of nitrogens with one attached hydrogen (secondary N) is 10. The number of unbranched alkanes of at least 4 members (excludes halogenated alkanes) is 12. The molecule has 5 rings (SSSR count). The van der Waals surface area contributed by atoms with Gasteiger partial charge in [-0.25, -0.2) is 4.39 Å². The smallest absolute Gasteiger partial charge is 0.222 e. The molecule has 20 N–H and O–H groups in total. The monoisotopic (exact) mass is 1830 g/mol. The summed E-state index contributed by atoms with van der Waals surface area (Å²) >= 11 is 0. The number of rotatable bonds is 65. The third-order valence-corrected chi connectivity index (χ3v) is 22.1. The molecule has 11 amide bonds. The molecule has 5 aliphatic rings. The van der Waals surface area contributed by atoms with Crippen LogP contribution in [0.4, 0.5) is 4.39 Å². The van der Waals surface area contributed by atoms with E-state index >= 15 is 4.39 Å². The fourth-order valence-electron chi connectivity index (χ4n) is 15.1. The Morgan fingerprint density at radius 3 is 1.05 bits per heavy atom. The van der Waals surface area contributed by atoms with Crippen molar-refractivity contribution in [3.05, 3.63) is 0 Å². The summed E-state index contributed by atoms with van der Waals surface area (Å²) in [5.74, 6) is -4.24. The van der Waals surface area contributed by atoms with Crippen molar-refractivity contribution in [2.45, 2.75) is 335 Å². The molecule has 5 fully saturated rings. The molecule has 0 radical (unpaired) electrons. The van der Waals surface area contributed by atoms with Gasteiger partial charge < -0.3 is 161 Å². The SMILES string of the molecule is COC[C@@H]1C[C@@H](O)CN1C(=O)CCCCCCCCCCCCC(=O)N[C@@H]1O[C@H](COCCC(=O)NCCCNC(=O)CCCCO[C@@H]2O[C@H](CO)[C@H](O)[C@H](O)[C@H]2NC(C)=O)[C@@H](OCCC(=O)NCCCNC(=O)CCCCO[C@@H]2O[C@H](CO)[C@H](O)[C@H](O)[C@H]2NC(C)=O)[C@H](OCCC(=O)NCCCNC(=O)CCCCO[C@@H]2O[C@H](CO)[C@H](O)[C@H](O)[C@H]2NC(C)=O)[C@H]1F. The van der Waals surface area contributed by atoms with Gasteiger partial charge in [0.05, 0.1) is 65.0 Å². The van der Waals surface area contributed by atoms with E-state index in [1.54, 1.807) is 12.0 Å². The largest absolute Gasteiger partial charge is 0.394 e. The van der Waals surface area contributed by atoms with Gasteiger partial charge in [-0.3, -0.25) is 52.7 Å². The van der Waals surface area contributed by atoms with Crippen molar-refractivity contribution in [3.8, 4) is 0 Å². The van der Waals surface area contributed by atoms with Crippen LogP contribution in [0, 0.1) is 0 Å². The second-order valence-corrected chi connectivity index (χ2v) is 32.6. The van der Waals surface area contributed by atoms with Gasteiger partial charge in [0.25, 0.3) is 0 Å². The number of alkyl halides is 1. The highest BCUT2D eigenvalue weighted by molar-refractivity contribution is 5.79. The van der Waals surface area contributed by atoms with Gasteiger partial charge in [0.15, 0.2) is 31.3 Å². The number of halogens is 1. The average molecular weight is 1830 g/mol. The first kappa shape index (κ1) is 111. The lowest BCUT2D eigenvalue weighted by atomic mass is 9.97. The fraction of sp³-hybridized carbons (Fsp3) is 0.867. The summed E-state index contributed by atoms with van der Waals surface area (Å²) in [6, 6.07) is -3.45. The van der Waals surface area contributed by atoms with Gasteiger partial charge in [-0.2, -0.15) is 0 Å². The van der Waals surface area contributed by atoms with Crippen LogP contribution in [-0.2, 0) is 105 Å². The van der Waals surface area contributed by atoms with E-state index in [1.165, 1.54) is 20.8 Å². The van der Waals surface area contributed by atoms with Crippen LogP contribution in [-0.4, -0.2) is 381 Å². The van der Waals surface area contributed by atoms with Crippen LogP contribution in [0.25, 0.3) is 0 Å². The minimum atomic E-state index is -2.13. The van der Waals surface area contributed by atoms with E-state index in [4.69, 9.17) is 52.1 Å². The zero-order valence-corrected chi connectivity index (χ0v) is 74.0. The second kappa shape index (κ2) is 63.4. The van der Waals surface area contributed by atoms with E-state index < -0.39 is 190 Å². The Morgan fingerprint density at radius 2 is 0.685 bits per heavy atom. The number of carbonyl (C=O) groups excluding carboxylic acids is 11. The molecular formula is C83H146FN11O32. The summed E-state index contributed by atoms with van der Waals surface area (Å²) in [4.78, 5) is 141. The quantitative estimate of drug-likeness (QED) is 0.0256. The zero-order chi connectivity index (χ0) is 93.0. The van der Waals surface area contributed by atoms with Crippen molar-refractivity contribution in [1.29, 1.82) is 0 Å². The molecule has 0 saturated carbocycles. The number of aliphatic hydroxyl groups excluding tert-OH is 10. The van der Waals surface area contributed by atoms with E-state index in [-0.39, 0.29) is 160 Å². The topological polar surface area (TPSA) is 615 Å². The van der Waals surface area contributed by atoms with Gasteiger partial charge in [0, 0.05) is 145 Å².